The Balaban J connectivity index is 1.41. The Morgan fingerprint density at radius 3 is 2.60 bits per heavy atom. The van der Waals surface area contributed by atoms with E-state index >= 15 is 0 Å². The summed E-state index contributed by atoms with van der Waals surface area (Å²) in [5.41, 5.74) is 3.92. The highest BCUT2D eigenvalue weighted by atomic mass is 16.2. The zero-order valence-electron chi connectivity index (χ0n) is 13.9. The predicted molar refractivity (Wildman–Crippen MR) is 96.1 cm³/mol. The summed E-state index contributed by atoms with van der Waals surface area (Å²) in [5, 5.41) is 7.64. The molecular formula is C20H20N4O. The van der Waals surface area contributed by atoms with Gasteiger partial charge in [0, 0.05) is 42.7 Å². The molecule has 0 atom stereocenters. The molecule has 1 fully saturated rings. The summed E-state index contributed by atoms with van der Waals surface area (Å²) in [6, 6.07) is 15.9. The molecule has 5 heteroatoms. The summed E-state index contributed by atoms with van der Waals surface area (Å²) >= 11 is 0. The topological polar surface area (TPSA) is 61.9 Å². The fourth-order valence-corrected chi connectivity index (χ4v) is 3.37. The molecule has 4 rings (SSSR count). The molecule has 2 aromatic heterocycles. The maximum Gasteiger partial charge on any atom is 0.255 e. The number of hydrogen-bond acceptors (Lipinski definition) is 3. The van der Waals surface area contributed by atoms with Crippen molar-refractivity contribution >= 4 is 5.91 Å². The molecular weight excluding hydrogens is 312 g/mol. The molecule has 1 aliphatic rings. The van der Waals surface area contributed by atoms with E-state index in [1.165, 1.54) is 0 Å². The van der Waals surface area contributed by atoms with Crippen LogP contribution in [0.3, 0.4) is 0 Å². The number of H-pyrrole nitrogens is 1. The fourth-order valence-electron chi connectivity index (χ4n) is 3.37. The maximum absolute atomic E-state index is 12.5. The molecule has 0 saturated carbocycles. The molecule has 1 aliphatic heterocycles. The monoisotopic (exact) mass is 332 g/mol. The molecule has 0 radical (unpaired) electrons. The normalized spacial score (nSPS) is 15.3. The third-order valence-corrected chi connectivity index (χ3v) is 4.80. The molecule has 1 aromatic carbocycles. The number of carbonyl (C=O) groups excluding carboxylic acids is 1. The van der Waals surface area contributed by atoms with Gasteiger partial charge in [-0.3, -0.25) is 14.9 Å². The number of amides is 1. The SMILES string of the molecule is O=C(c1cccnc1)N1CCC(c2cc(-c3ccccc3)n[nH]2)CC1. The van der Waals surface area contributed by atoms with Crippen molar-refractivity contribution in [3.8, 4) is 11.3 Å². The van der Waals surface area contributed by atoms with Gasteiger partial charge in [-0.15, -0.1) is 0 Å². The van der Waals surface area contributed by atoms with Crippen LogP contribution in [-0.2, 0) is 0 Å². The number of hydrogen-bond donors (Lipinski definition) is 1. The number of piperidine rings is 1. The smallest absolute Gasteiger partial charge is 0.255 e. The van der Waals surface area contributed by atoms with Gasteiger partial charge in [-0.05, 0) is 31.0 Å². The molecule has 3 heterocycles. The van der Waals surface area contributed by atoms with Gasteiger partial charge in [0.25, 0.3) is 5.91 Å². The van der Waals surface area contributed by atoms with Crippen molar-refractivity contribution < 1.29 is 4.79 Å². The quantitative estimate of drug-likeness (QED) is 0.798. The van der Waals surface area contributed by atoms with Gasteiger partial charge in [0.15, 0.2) is 0 Å². The summed E-state index contributed by atoms with van der Waals surface area (Å²) in [6.07, 6.45) is 5.21. The van der Waals surface area contributed by atoms with Gasteiger partial charge in [-0.1, -0.05) is 30.3 Å². The molecule has 0 aliphatic carbocycles. The second kappa shape index (κ2) is 6.89. The van der Waals surface area contributed by atoms with Crippen molar-refractivity contribution in [1.82, 2.24) is 20.1 Å². The van der Waals surface area contributed by atoms with Crippen LogP contribution in [0.1, 0.15) is 34.8 Å². The molecule has 126 valence electrons. The van der Waals surface area contributed by atoms with E-state index in [1.54, 1.807) is 18.5 Å². The average Bonchev–Trinajstić information content (AvgIpc) is 3.19. The first-order valence-corrected chi connectivity index (χ1v) is 8.61. The number of likely N-dealkylation sites (tertiary alicyclic amines) is 1. The first-order valence-electron chi connectivity index (χ1n) is 8.61. The predicted octanol–water partition coefficient (Wildman–Crippen LogP) is 3.49. The number of nitrogens with one attached hydrogen (secondary N) is 1. The van der Waals surface area contributed by atoms with Crippen LogP contribution in [0.2, 0.25) is 0 Å². The number of aromatic amines is 1. The van der Waals surface area contributed by atoms with Gasteiger partial charge in [-0.2, -0.15) is 5.10 Å². The average molecular weight is 332 g/mol. The minimum absolute atomic E-state index is 0.0705. The Morgan fingerprint density at radius 2 is 1.88 bits per heavy atom. The van der Waals surface area contributed by atoms with Crippen LogP contribution in [0.4, 0.5) is 0 Å². The van der Waals surface area contributed by atoms with E-state index in [-0.39, 0.29) is 5.91 Å². The summed E-state index contributed by atoms with van der Waals surface area (Å²) < 4.78 is 0. The van der Waals surface area contributed by atoms with Crippen LogP contribution in [0.25, 0.3) is 11.3 Å². The Bertz CT molecular complexity index is 836. The maximum atomic E-state index is 12.5. The Morgan fingerprint density at radius 1 is 1.08 bits per heavy atom. The fraction of sp³-hybridized carbons (Fsp3) is 0.250. The standard InChI is InChI=1S/C20H20N4O/c25-20(17-7-4-10-21-14-17)24-11-8-16(9-12-24)19-13-18(22-23-19)15-5-2-1-3-6-15/h1-7,10,13-14,16H,8-9,11-12H2,(H,22,23). The lowest BCUT2D eigenvalue weighted by atomic mass is 9.93. The first kappa shape index (κ1) is 15.6. The van der Waals surface area contributed by atoms with Crippen molar-refractivity contribution in [3.05, 3.63) is 72.2 Å². The Hall–Kier alpha value is -2.95. The molecule has 5 nitrogen and oxygen atoms in total. The summed E-state index contributed by atoms with van der Waals surface area (Å²) in [5.74, 6) is 0.490. The minimum Gasteiger partial charge on any atom is -0.339 e. The van der Waals surface area contributed by atoms with Gasteiger partial charge in [0.05, 0.1) is 11.3 Å². The largest absolute Gasteiger partial charge is 0.339 e. The van der Waals surface area contributed by atoms with Crippen molar-refractivity contribution in [3.63, 3.8) is 0 Å². The number of nitrogens with zero attached hydrogens (tertiary/aromatic N) is 3. The number of rotatable bonds is 3. The van der Waals surface area contributed by atoms with Crippen molar-refractivity contribution in [2.75, 3.05) is 13.1 Å². The molecule has 1 amide bonds. The van der Waals surface area contributed by atoms with Crippen LogP contribution in [0.5, 0.6) is 0 Å². The van der Waals surface area contributed by atoms with Crippen LogP contribution < -0.4 is 0 Å². The van der Waals surface area contributed by atoms with Gasteiger partial charge >= 0.3 is 0 Å². The lowest BCUT2D eigenvalue weighted by molar-refractivity contribution is 0.0711. The number of pyridine rings is 1. The van der Waals surface area contributed by atoms with Crippen LogP contribution in [-0.4, -0.2) is 39.1 Å². The molecule has 0 unspecified atom stereocenters. The van der Waals surface area contributed by atoms with Crippen LogP contribution in [0, 0.1) is 0 Å². The van der Waals surface area contributed by atoms with E-state index < -0.39 is 0 Å². The molecule has 0 bridgehead atoms. The van der Waals surface area contributed by atoms with E-state index in [4.69, 9.17) is 0 Å². The van der Waals surface area contributed by atoms with Crippen molar-refractivity contribution in [2.24, 2.45) is 0 Å². The van der Waals surface area contributed by atoms with E-state index in [9.17, 15) is 4.79 Å². The zero-order valence-corrected chi connectivity index (χ0v) is 13.9. The van der Waals surface area contributed by atoms with Gasteiger partial charge in [0.1, 0.15) is 0 Å². The minimum atomic E-state index is 0.0705. The summed E-state index contributed by atoms with van der Waals surface area (Å²) in [4.78, 5) is 18.5. The van der Waals surface area contributed by atoms with Gasteiger partial charge in [0.2, 0.25) is 0 Å². The van der Waals surface area contributed by atoms with Crippen molar-refractivity contribution in [1.29, 1.82) is 0 Å². The van der Waals surface area contributed by atoms with E-state index in [1.807, 2.05) is 29.2 Å². The molecule has 0 spiro atoms. The highest BCUT2D eigenvalue weighted by Crippen LogP contribution is 2.29. The summed E-state index contributed by atoms with van der Waals surface area (Å²) in [6.45, 7) is 1.52. The highest BCUT2D eigenvalue weighted by Gasteiger charge is 2.25. The van der Waals surface area contributed by atoms with E-state index in [0.717, 1.165) is 42.9 Å². The van der Waals surface area contributed by atoms with E-state index in [0.29, 0.717) is 11.5 Å². The summed E-state index contributed by atoms with van der Waals surface area (Å²) in [7, 11) is 0. The zero-order chi connectivity index (χ0) is 17.1. The number of aromatic nitrogens is 3. The molecule has 25 heavy (non-hydrogen) atoms. The molecule has 1 saturated heterocycles. The van der Waals surface area contributed by atoms with Gasteiger partial charge in [-0.25, -0.2) is 0 Å². The Labute approximate surface area is 146 Å². The van der Waals surface area contributed by atoms with E-state index in [2.05, 4.69) is 33.4 Å². The highest BCUT2D eigenvalue weighted by molar-refractivity contribution is 5.93. The second-order valence-electron chi connectivity index (χ2n) is 6.38. The number of benzene rings is 1. The third kappa shape index (κ3) is 3.31. The molecule has 1 N–H and O–H groups in total. The first-order chi connectivity index (χ1) is 12.3. The van der Waals surface area contributed by atoms with Crippen molar-refractivity contribution in [2.45, 2.75) is 18.8 Å². The lowest BCUT2D eigenvalue weighted by Gasteiger charge is -2.31. The third-order valence-electron chi connectivity index (χ3n) is 4.80. The lowest BCUT2D eigenvalue weighted by Crippen LogP contribution is -2.38. The van der Waals surface area contributed by atoms with Gasteiger partial charge < -0.3 is 4.90 Å². The molecule has 3 aromatic rings. The number of carbonyl (C=O) groups is 1. The van der Waals surface area contributed by atoms with Crippen LogP contribution in [0.15, 0.2) is 60.9 Å². The Kier molecular flexibility index (Phi) is 4.29. The second-order valence-corrected chi connectivity index (χ2v) is 6.38. The van der Waals surface area contributed by atoms with Crippen LogP contribution >= 0.6 is 0 Å².